The van der Waals surface area contributed by atoms with E-state index in [1.165, 1.54) is 11.1 Å². The van der Waals surface area contributed by atoms with Gasteiger partial charge in [-0.2, -0.15) is 5.26 Å². The van der Waals surface area contributed by atoms with Gasteiger partial charge in [-0.15, -0.1) is 0 Å². The highest BCUT2D eigenvalue weighted by atomic mass is 16.5. The second-order valence-electron chi connectivity index (χ2n) is 9.05. The molecule has 2 amide bonds. The van der Waals surface area contributed by atoms with E-state index >= 15 is 0 Å². The molecular formula is C29H27N3O3. The number of nitrogens with one attached hydrogen (secondary N) is 1. The SMILES string of the molecule is CCC1Oc2ccc(NC(=O)c3ccc(C#N)cc3)cc2CN(C2CCCc3ccccc32)C1=O. The number of carbonyl (C=O) groups is 2. The average molecular weight is 466 g/mol. The van der Waals surface area contributed by atoms with Gasteiger partial charge in [-0.1, -0.05) is 31.2 Å². The van der Waals surface area contributed by atoms with Gasteiger partial charge in [-0.25, -0.2) is 0 Å². The maximum absolute atomic E-state index is 13.6. The number of ether oxygens (including phenoxy) is 1. The van der Waals surface area contributed by atoms with Gasteiger partial charge in [0, 0.05) is 16.8 Å². The minimum atomic E-state index is -0.538. The molecule has 1 heterocycles. The van der Waals surface area contributed by atoms with Crippen LogP contribution in [0, 0.1) is 11.3 Å². The Balaban J connectivity index is 1.44. The van der Waals surface area contributed by atoms with E-state index in [0.29, 0.717) is 35.5 Å². The summed E-state index contributed by atoms with van der Waals surface area (Å²) in [6.45, 7) is 2.39. The molecule has 35 heavy (non-hydrogen) atoms. The number of aryl methyl sites for hydroxylation is 1. The first-order valence-corrected chi connectivity index (χ1v) is 12.1. The van der Waals surface area contributed by atoms with Crippen molar-refractivity contribution in [1.29, 1.82) is 5.26 Å². The maximum Gasteiger partial charge on any atom is 0.264 e. The molecule has 0 bridgehead atoms. The van der Waals surface area contributed by atoms with Crippen molar-refractivity contribution in [2.45, 2.75) is 51.3 Å². The lowest BCUT2D eigenvalue weighted by molar-refractivity contribution is -0.141. The second-order valence-corrected chi connectivity index (χ2v) is 9.05. The fourth-order valence-electron chi connectivity index (χ4n) is 5.02. The number of nitrogens with zero attached hydrogens (tertiary/aromatic N) is 2. The molecule has 2 atom stereocenters. The van der Waals surface area contributed by atoms with Crippen molar-refractivity contribution in [2.24, 2.45) is 0 Å². The molecule has 0 fully saturated rings. The van der Waals surface area contributed by atoms with Crippen LogP contribution in [-0.2, 0) is 17.8 Å². The van der Waals surface area contributed by atoms with Crippen LogP contribution in [0.2, 0.25) is 0 Å². The smallest absolute Gasteiger partial charge is 0.264 e. The third-order valence-corrected chi connectivity index (χ3v) is 6.85. The van der Waals surface area contributed by atoms with Gasteiger partial charge in [0.05, 0.1) is 24.2 Å². The van der Waals surface area contributed by atoms with Crippen LogP contribution in [0.25, 0.3) is 0 Å². The van der Waals surface area contributed by atoms with Crippen LogP contribution in [0.5, 0.6) is 5.75 Å². The fraction of sp³-hybridized carbons (Fsp3) is 0.276. The monoisotopic (exact) mass is 465 g/mol. The van der Waals surface area contributed by atoms with Crippen molar-refractivity contribution in [3.63, 3.8) is 0 Å². The number of anilines is 1. The quantitative estimate of drug-likeness (QED) is 0.560. The van der Waals surface area contributed by atoms with Gasteiger partial charge in [0.1, 0.15) is 5.75 Å². The molecule has 1 aliphatic carbocycles. The summed E-state index contributed by atoms with van der Waals surface area (Å²) in [6, 6.07) is 22.5. The lowest BCUT2D eigenvalue weighted by Crippen LogP contribution is -2.42. The molecule has 0 spiro atoms. The molecule has 6 heteroatoms. The van der Waals surface area contributed by atoms with E-state index in [1.807, 2.05) is 30.0 Å². The lowest BCUT2D eigenvalue weighted by atomic mass is 9.86. The van der Waals surface area contributed by atoms with Crippen LogP contribution in [0.1, 0.15) is 64.8 Å². The number of carbonyl (C=O) groups excluding carboxylic acids is 2. The zero-order valence-corrected chi connectivity index (χ0v) is 19.7. The van der Waals surface area contributed by atoms with Crippen molar-refractivity contribution >= 4 is 17.5 Å². The highest BCUT2D eigenvalue weighted by Crippen LogP contribution is 2.39. The Kier molecular flexibility index (Phi) is 6.24. The van der Waals surface area contributed by atoms with E-state index in [1.54, 1.807) is 30.3 Å². The van der Waals surface area contributed by atoms with Crippen molar-refractivity contribution in [3.8, 4) is 11.8 Å². The van der Waals surface area contributed by atoms with Crippen molar-refractivity contribution in [1.82, 2.24) is 4.90 Å². The maximum atomic E-state index is 13.6. The normalized spacial score (nSPS) is 19.0. The first kappa shape index (κ1) is 22.7. The zero-order chi connectivity index (χ0) is 24.4. The molecule has 1 aliphatic heterocycles. The van der Waals surface area contributed by atoms with Gasteiger partial charge in [-0.05, 0) is 79.3 Å². The predicted octanol–water partition coefficient (Wildman–Crippen LogP) is 5.39. The summed E-state index contributed by atoms with van der Waals surface area (Å²) in [5.74, 6) is 0.422. The minimum absolute atomic E-state index is 0.00736. The number of nitriles is 1. The third-order valence-electron chi connectivity index (χ3n) is 6.85. The topological polar surface area (TPSA) is 82.4 Å². The molecule has 2 unspecified atom stereocenters. The largest absolute Gasteiger partial charge is 0.480 e. The van der Waals surface area contributed by atoms with Gasteiger partial charge in [0.2, 0.25) is 0 Å². The second kappa shape index (κ2) is 9.63. The van der Waals surface area contributed by atoms with Crippen LogP contribution in [0.4, 0.5) is 5.69 Å². The Labute approximate surface area is 205 Å². The Morgan fingerprint density at radius 2 is 1.91 bits per heavy atom. The van der Waals surface area contributed by atoms with Gasteiger partial charge < -0.3 is 15.0 Å². The van der Waals surface area contributed by atoms with E-state index in [9.17, 15) is 9.59 Å². The summed E-state index contributed by atoms with van der Waals surface area (Å²) in [7, 11) is 0. The molecule has 3 aromatic carbocycles. The lowest BCUT2D eigenvalue weighted by Gasteiger charge is -2.36. The van der Waals surface area contributed by atoms with E-state index in [-0.39, 0.29) is 17.9 Å². The van der Waals surface area contributed by atoms with Gasteiger partial charge in [0.15, 0.2) is 6.10 Å². The van der Waals surface area contributed by atoms with Gasteiger partial charge in [0.25, 0.3) is 11.8 Å². The molecule has 6 nitrogen and oxygen atoms in total. The zero-order valence-electron chi connectivity index (χ0n) is 19.7. The minimum Gasteiger partial charge on any atom is -0.480 e. The number of hydrogen-bond acceptors (Lipinski definition) is 4. The summed E-state index contributed by atoms with van der Waals surface area (Å²) in [4.78, 5) is 28.3. The van der Waals surface area contributed by atoms with Gasteiger partial charge in [-0.3, -0.25) is 9.59 Å². The first-order chi connectivity index (χ1) is 17.1. The molecule has 2 aliphatic rings. The van der Waals surface area contributed by atoms with Crippen molar-refractivity contribution < 1.29 is 14.3 Å². The summed E-state index contributed by atoms with van der Waals surface area (Å²) >= 11 is 0. The van der Waals surface area contributed by atoms with Crippen LogP contribution in [0.3, 0.4) is 0 Å². The van der Waals surface area contributed by atoms with Crippen LogP contribution in [0.15, 0.2) is 66.7 Å². The first-order valence-electron chi connectivity index (χ1n) is 12.1. The molecule has 0 radical (unpaired) electrons. The molecule has 0 saturated heterocycles. The van der Waals surface area contributed by atoms with E-state index in [2.05, 4.69) is 29.6 Å². The average Bonchev–Trinajstić information content (AvgIpc) is 3.04. The highest BCUT2D eigenvalue weighted by Gasteiger charge is 2.36. The standard InChI is InChI=1S/C29H27N3O3/c1-2-26-29(34)32(25-9-5-7-20-6-3-4-8-24(20)25)18-22-16-23(14-15-27(22)35-26)31-28(33)21-12-10-19(17-30)11-13-21/h3-4,6,8,10-16,25-26H,2,5,7,9,18H2,1H3,(H,31,33). The Morgan fingerprint density at radius 1 is 1.11 bits per heavy atom. The molecule has 176 valence electrons. The van der Waals surface area contributed by atoms with Crippen LogP contribution < -0.4 is 10.1 Å². The Bertz CT molecular complexity index is 1310. The summed E-state index contributed by atoms with van der Waals surface area (Å²) in [6.07, 6.45) is 3.04. The summed E-state index contributed by atoms with van der Waals surface area (Å²) in [5, 5.41) is 11.9. The van der Waals surface area contributed by atoms with Crippen LogP contribution >= 0.6 is 0 Å². The number of hydrogen-bond donors (Lipinski definition) is 1. The van der Waals surface area contributed by atoms with E-state index < -0.39 is 6.10 Å². The molecule has 0 saturated carbocycles. The Hall–Kier alpha value is -4.11. The summed E-state index contributed by atoms with van der Waals surface area (Å²) in [5.41, 5.74) is 5.00. The number of rotatable bonds is 4. The molecule has 0 aromatic heterocycles. The molecular weight excluding hydrogens is 438 g/mol. The van der Waals surface area contributed by atoms with Crippen molar-refractivity contribution in [3.05, 3.63) is 94.5 Å². The number of fused-ring (bicyclic) bond motifs is 2. The van der Waals surface area contributed by atoms with Gasteiger partial charge >= 0.3 is 0 Å². The van der Waals surface area contributed by atoms with E-state index in [0.717, 1.165) is 24.8 Å². The Morgan fingerprint density at radius 3 is 2.69 bits per heavy atom. The predicted molar refractivity (Wildman–Crippen MR) is 133 cm³/mol. The number of benzene rings is 3. The third kappa shape index (κ3) is 4.50. The number of amides is 2. The molecule has 5 rings (SSSR count). The summed E-state index contributed by atoms with van der Waals surface area (Å²) < 4.78 is 6.16. The van der Waals surface area contributed by atoms with Crippen LogP contribution in [-0.4, -0.2) is 22.8 Å². The highest BCUT2D eigenvalue weighted by molar-refractivity contribution is 6.04. The molecule has 1 N–H and O–H groups in total. The molecule has 3 aromatic rings. The van der Waals surface area contributed by atoms with Crippen molar-refractivity contribution in [2.75, 3.05) is 5.32 Å². The van der Waals surface area contributed by atoms with E-state index in [4.69, 9.17) is 10.00 Å². The fourth-order valence-corrected chi connectivity index (χ4v) is 5.02.